The van der Waals surface area contributed by atoms with Crippen molar-refractivity contribution in [2.75, 3.05) is 0 Å². The molecule has 3 aromatic rings. The van der Waals surface area contributed by atoms with Gasteiger partial charge < -0.3 is 0 Å². The van der Waals surface area contributed by atoms with Gasteiger partial charge in [-0.05, 0) is 56.6 Å². The minimum absolute atomic E-state index is 0.658. The van der Waals surface area contributed by atoms with Crippen molar-refractivity contribution in [2.45, 2.75) is 24.7 Å². The van der Waals surface area contributed by atoms with Gasteiger partial charge in [0.25, 0.3) is 0 Å². The maximum absolute atomic E-state index is 2.45. The normalized spacial score (nSPS) is 23.4. The van der Waals surface area contributed by atoms with E-state index in [2.05, 4.69) is 47.2 Å². The van der Waals surface area contributed by atoms with Crippen molar-refractivity contribution in [3.63, 3.8) is 0 Å². The molecule has 2 atom stereocenters. The second-order valence-corrected chi connectivity index (χ2v) is 6.54. The Morgan fingerprint density at radius 3 is 1.79 bits per heavy atom. The predicted octanol–water partition coefficient (Wildman–Crippen LogP) is 5.27. The Hall–Kier alpha value is -1.60. The molecule has 0 spiro atoms. The Bertz CT molecular complexity index is 731. The molecule has 2 bridgehead atoms. The van der Waals surface area contributed by atoms with Crippen LogP contribution in [-0.4, -0.2) is 0 Å². The molecule has 0 nitrogen and oxygen atoms in total. The zero-order valence-electron chi connectivity index (χ0n) is 10.6. The average Bonchev–Trinajstić information content (AvgIpc) is 2.96. The van der Waals surface area contributed by atoms with Crippen LogP contribution in [0.5, 0.6) is 0 Å². The Labute approximate surface area is 116 Å². The van der Waals surface area contributed by atoms with E-state index in [1.54, 1.807) is 22.3 Å². The molecular weight excluding hydrogens is 248 g/mol. The first kappa shape index (κ1) is 10.2. The van der Waals surface area contributed by atoms with Gasteiger partial charge >= 0.3 is 0 Å². The van der Waals surface area contributed by atoms with Crippen LogP contribution < -0.4 is 0 Å². The number of rotatable bonds is 0. The van der Waals surface area contributed by atoms with Crippen molar-refractivity contribution in [3.8, 4) is 0 Å². The van der Waals surface area contributed by atoms with Crippen LogP contribution in [0.2, 0.25) is 0 Å². The van der Waals surface area contributed by atoms with Crippen molar-refractivity contribution in [2.24, 2.45) is 0 Å². The van der Waals surface area contributed by atoms with E-state index in [4.69, 9.17) is 0 Å². The van der Waals surface area contributed by atoms with Crippen LogP contribution in [0, 0.1) is 0 Å². The molecule has 6 rings (SSSR count). The largest absolute Gasteiger partial charge is 0.152 e. The van der Waals surface area contributed by atoms with Gasteiger partial charge in [0.05, 0.1) is 0 Å². The van der Waals surface area contributed by atoms with Crippen LogP contribution in [0.4, 0.5) is 0 Å². The van der Waals surface area contributed by atoms with Gasteiger partial charge in [-0.2, -0.15) is 11.3 Å². The van der Waals surface area contributed by atoms with E-state index in [0.717, 1.165) is 0 Å². The van der Waals surface area contributed by atoms with Crippen molar-refractivity contribution in [1.29, 1.82) is 0 Å². The maximum Gasteiger partial charge on any atom is 0.0104 e. The third kappa shape index (κ3) is 1.24. The molecule has 0 fully saturated rings. The summed E-state index contributed by atoms with van der Waals surface area (Å²) in [6, 6.07) is 13.7. The van der Waals surface area contributed by atoms with Gasteiger partial charge in [-0.25, -0.2) is 0 Å². The molecule has 92 valence electrons. The van der Waals surface area contributed by atoms with Crippen LogP contribution in [0.15, 0.2) is 47.2 Å². The molecule has 1 aromatic heterocycles. The van der Waals surface area contributed by atoms with Crippen molar-refractivity contribution < 1.29 is 0 Å². The Morgan fingerprint density at radius 1 is 0.737 bits per heavy atom. The van der Waals surface area contributed by atoms with Crippen LogP contribution in [0.3, 0.4) is 0 Å². The molecule has 2 unspecified atom stereocenters. The summed E-state index contributed by atoms with van der Waals surface area (Å²) in [6.07, 6.45) is 2.67. The summed E-state index contributed by atoms with van der Waals surface area (Å²) in [5.41, 5.74) is 6.43. The molecule has 0 saturated carbocycles. The van der Waals surface area contributed by atoms with E-state index in [9.17, 15) is 0 Å². The highest BCUT2D eigenvalue weighted by Crippen LogP contribution is 2.54. The Balaban J connectivity index is 1.86. The molecule has 3 aliphatic rings. The van der Waals surface area contributed by atoms with E-state index in [1.165, 1.54) is 23.6 Å². The zero-order valence-corrected chi connectivity index (χ0v) is 11.4. The fraction of sp³-hybridized carbons (Fsp3) is 0.222. The lowest BCUT2D eigenvalue weighted by Gasteiger charge is -2.38. The summed E-state index contributed by atoms with van der Waals surface area (Å²) < 4.78 is 0. The molecule has 0 aliphatic heterocycles. The Morgan fingerprint density at radius 2 is 1.26 bits per heavy atom. The van der Waals surface area contributed by atoms with Gasteiger partial charge in [0.1, 0.15) is 0 Å². The number of thiophene rings is 1. The fourth-order valence-electron chi connectivity index (χ4n) is 4.05. The molecule has 3 aliphatic carbocycles. The number of hydrogen-bond donors (Lipinski definition) is 0. The van der Waals surface area contributed by atoms with Gasteiger partial charge in [0.2, 0.25) is 0 Å². The van der Waals surface area contributed by atoms with Crippen molar-refractivity contribution in [3.05, 3.63) is 69.4 Å². The first-order chi connectivity index (χ1) is 9.42. The van der Waals surface area contributed by atoms with E-state index in [-0.39, 0.29) is 0 Å². The first-order valence-corrected chi connectivity index (χ1v) is 7.94. The molecule has 0 radical (unpaired) electrons. The van der Waals surface area contributed by atoms with E-state index >= 15 is 0 Å². The highest BCUT2D eigenvalue weighted by Gasteiger charge is 2.37. The van der Waals surface area contributed by atoms with E-state index in [0.29, 0.717) is 11.8 Å². The summed E-state index contributed by atoms with van der Waals surface area (Å²) in [5, 5.41) is 7.55. The van der Waals surface area contributed by atoms with Crippen molar-refractivity contribution >= 4 is 22.1 Å². The van der Waals surface area contributed by atoms with E-state index in [1.807, 2.05) is 11.3 Å². The van der Waals surface area contributed by atoms with Crippen LogP contribution in [0.1, 0.15) is 46.9 Å². The topological polar surface area (TPSA) is 0 Å². The third-order valence-electron chi connectivity index (χ3n) is 4.92. The summed E-state index contributed by atoms with van der Waals surface area (Å²) in [4.78, 5) is 0. The van der Waals surface area contributed by atoms with Crippen molar-refractivity contribution in [1.82, 2.24) is 0 Å². The third-order valence-corrected chi connectivity index (χ3v) is 5.70. The smallest absolute Gasteiger partial charge is 0.0104 e. The standard InChI is InChI=1S/C18H14S/c1-2-4-12-8-16-14-6-5-13(15(16)7-11(12)3-1)17-9-19-10-18(14)17/h1-4,7-10,13-14H,5-6H2. The van der Waals surface area contributed by atoms with Gasteiger partial charge in [-0.15, -0.1) is 0 Å². The maximum atomic E-state index is 2.45. The molecule has 0 amide bonds. The summed E-state index contributed by atoms with van der Waals surface area (Å²) in [7, 11) is 0. The van der Waals surface area contributed by atoms with Gasteiger partial charge in [0.15, 0.2) is 0 Å². The average molecular weight is 262 g/mol. The van der Waals surface area contributed by atoms with Crippen LogP contribution >= 0.6 is 11.3 Å². The number of fused-ring (bicyclic) bond motifs is 2. The molecule has 1 heterocycles. The van der Waals surface area contributed by atoms with Gasteiger partial charge in [0, 0.05) is 11.8 Å². The zero-order chi connectivity index (χ0) is 12.4. The highest BCUT2D eigenvalue weighted by atomic mass is 32.1. The molecular formula is C18H14S. The van der Waals surface area contributed by atoms with Crippen LogP contribution in [-0.2, 0) is 0 Å². The Kier molecular flexibility index (Phi) is 1.88. The fourth-order valence-corrected chi connectivity index (χ4v) is 5.01. The first-order valence-electron chi connectivity index (χ1n) is 7.00. The number of hydrogen-bond acceptors (Lipinski definition) is 1. The lowest BCUT2D eigenvalue weighted by Crippen LogP contribution is -2.23. The molecule has 1 heteroatoms. The molecule has 0 saturated heterocycles. The molecule has 0 N–H and O–H groups in total. The van der Waals surface area contributed by atoms with E-state index < -0.39 is 0 Å². The van der Waals surface area contributed by atoms with Gasteiger partial charge in [-0.3, -0.25) is 0 Å². The SMILES string of the molecule is c1ccc2cc3c(cc2c1)C1CCC3c2cscc21. The molecule has 2 aromatic carbocycles. The monoisotopic (exact) mass is 262 g/mol. The molecule has 19 heavy (non-hydrogen) atoms. The number of benzene rings is 2. The second-order valence-electron chi connectivity index (χ2n) is 5.79. The highest BCUT2D eigenvalue weighted by molar-refractivity contribution is 7.08. The quantitative estimate of drug-likeness (QED) is 0.517. The lowest BCUT2D eigenvalue weighted by molar-refractivity contribution is 0.524. The minimum atomic E-state index is 0.658. The lowest BCUT2D eigenvalue weighted by atomic mass is 9.65. The summed E-state index contributed by atoms with van der Waals surface area (Å²) in [6.45, 7) is 0. The van der Waals surface area contributed by atoms with Gasteiger partial charge in [-0.1, -0.05) is 36.4 Å². The predicted molar refractivity (Wildman–Crippen MR) is 81.2 cm³/mol. The summed E-state index contributed by atoms with van der Waals surface area (Å²) >= 11 is 1.88. The minimum Gasteiger partial charge on any atom is -0.152 e. The van der Waals surface area contributed by atoms with Crippen LogP contribution in [0.25, 0.3) is 10.8 Å². The summed E-state index contributed by atoms with van der Waals surface area (Å²) in [5.74, 6) is 1.32. The second kappa shape index (κ2) is 3.49.